The Bertz CT molecular complexity index is 662. The van der Waals surface area contributed by atoms with Crippen molar-refractivity contribution in [2.45, 2.75) is 40.0 Å². The van der Waals surface area contributed by atoms with Gasteiger partial charge in [0.2, 0.25) is 5.82 Å². The Labute approximate surface area is 151 Å². The molecule has 1 aromatic carbocycles. The fourth-order valence-electron chi connectivity index (χ4n) is 2.06. The van der Waals surface area contributed by atoms with Crippen LogP contribution in [0.5, 0.6) is 0 Å². The summed E-state index contributed by atoms with van der Waals surface area (Å²) < 4.78 is 24.4. The summed E-state index contributed by atoms with van der Waals surface area (Å²) in [6.45, 7) is 8.71. The summed E-state index contributed by atoms with van der Waals surface area (Å²) in [6, 6.07) is 2.87. The zero-order chi connectivity index (χ0) is 20.1. The Morgan fingerprint density at radius 2 is 1.58 bits per heavy atom. The van der Waals surface area contributed by atoms with Crippen LogP contribution in [0.25, 0.3) is 0 Å². The molecule has 0 spiro atoms. The molecule has 7 nitrogen and oxygen atoms in total. The smallest absolute Gasteiger partial charge is 0.327 e. The standard InChI is InChI=1S/C18H24FNO6/c1-11(2)9-25-16(21)18(5,17(22)26-10-12(3)4)13-6-7-15(20(23)24)14(19)8-13/h6-8,11-12H,9-10H2,1-5H3. The Morgan fingerprint density at radius 1 is 1.12 bits per heavy atom. The minimum Gasteiger partial charge on any atom is -0.464 e. The molecule has 0 aromatic heterocycles. The fraction of sp³-hybridized carbons (Fsp3) is 0.556. The first-order chi connectivity index (χ1) is 12.0. The third-order valence-corrected chi connectivity index (χ3v) is 3.63. The van der Waals surface area contributed by atoms with Crippen LogP contribution in [0.1, 0.15) is 40.2 Å². The summed E-state index contributed by atoms with van der Waals surface area (Å²) >= 11 is 0. The second-order valence-electron chi connectivity index (χ2n) is 7.03. The van der Waals surface area contributed by atoms with E-state index in [1.54, 1.807) is 0 Å². The number of benzene rings is 1. The molecule has 26 heavy (non-hydrogen) atoms. The third kappa shape index (κ3) is 5.00. The van der Waals surface area contributed by atoms with Crippen LogP contribution in [0.2, 0.25) is 0 Å². The first-order valence-corrected chi connectivity index (χ1v) is 8.29. The van der Waals surface area contributed by atoms with Gasteiger partial charge in [0.25, 0.3) is 0 Å². The van der Waals surface area contributed by atoms with Crippen LogP contribution in [0.15, 0.2) is 18.2 Å². The first kappa shape index (κ1) is 21.5. The lowest BCUT2D eigenvalue weighted by atomic mass is 9.82. The summed E-state index contributed by atoms with van der Waals surface area (Å²) in [5, 5.41) is 10.8. The average molecular weight is 369 g/mol. The summed E-state index contributed by atoms with van der Waals surface area (Å²) in [6.07, 6.45) is 0. The second-order valence-corrected chi connectivity index (χ2v) is 7.03. The largest absolute Gasteiger partial charge is 0.464 e. The molecular weight excluding hydrogens is 345 g/mol. The van der Waals surface area contributed by atoms with Crippen LogP contribution in [0, 0.1) is 27.8 Å². The Hall–Kier alpha value is -2.51. The van der Waals surface area contributed by atoms with Gasteiger partial charge in [-0.3, -0.25) is 19.7 Å². The minimum atomic E-state index is -1.93. The van der Waals surface area contributed by atoms with Crippen molar-refractivity contribution < 1.29 is 28.4 Å². The van der Waals surface area contributed by atoms with Crippen LogP contribution in [-0.2, 0) is 24.5 Å². The van der Waals surface area contributed by atoms with Gasteiger partial charge < -0.3 is 9.47 Å². The number of carbonyl (C=O) groups excluding carboxylic acids is 2. The van der Waals surface area contributed by atoms with E-state index in [-0.39, 0.29) is 30.6 Å². The van der Waals surface area contributed by atoms with Gasteiger partial charge in [-0.15, -0.1) is 0 Å². The lowest BCUT2D eigenvalue weighted by Crippen LogP contribution is -2.44. The van der Waals surface area contributed by atoms with E-state index in [9.17, 15) is 24.1 Å². The van der Waals surface area contributed by atoms with E-state index in [0.717, 1.165) is 18.2 Å². The van der Waals surface area contributed by atoms with Gasteiger partial charge in [0.15, 0.2) is 5.41 Å². The fourth-order valence-corrected chi connectivity index (χ4v) is 2.06. The van der Waals surface area contributed by atoms with E-state index in [4.69, 9.17) is 9.47 Å². The van der Waals surface area contributed by atoms with E-state index in [1.165, 1.54) is 6.92 Å². The van der Waals surface area contributed by atoms with Gasteiger partial charge in [-0.2, -0.15) is 4.39 Å². The molecule has 144 valence electrons. The summed E-state index contributed by atoms with van der Waals surface area (Å²) in [4.78, 5) is 35.1. The maximum atomic E-state index is 14.0. The van der Waals surface area contributed by atoms with E-state index < -0.39 is 33.8 Å². The van der Waals surface area contributed by atoms with Crippen molar-refractivity contribution in [3.8, 4) is 0 Å². The zero-order valence-corrected chi connectivity index (χ0v) is 15.6. The van der Waals surface area contributed by atoms with E-state index in [0.29, 0.717) is 0 Å². The first-order valence-electron chi connectivity index (χ1n) is 8.29. The highest BCUT2D eigenvalue weighted by Gasteiger charge is 2.47. The van der Waals surface area contributed by atoms with Crippen LogP contribution >= 0.6 is 0 Å². The number of carbonyl (C=O) groups is 2. The van der Waals surface area contributed by atoms with E-state index in [1.807, 2.05) is 27.7 Å². The predicted molar refractivity (Wildman–Crippen MR) is 92.0 cm³/mol. The molecule has 0 N–H and O–H groups in total. The normalized spacial score (nSPS) is 11.5. The second kappa shape index (κ2) is 8.73. The van der Waals surface area contributed by atoms with Crippen molar-refractivity contribution in [3.63, 3.8) is 0 Å². The lowest BCUT2D eigenvalue weighted by Gasteiger charge is -2.26. The van der Waals surface area contributed by atoms with Crippen molar-refractivity contribution >= 4 is 17.6 Å². The van der Waals surface area contributed by atoms with Gasteiger partial charge in [-0.1, -0.05) is 33.8 Å². The number of esters is 2. The molecule has 0 aliphatic heterocycles. The number of rotatable bonds is 8. The predicted octanol–water partition coefficient (Wildman–Crippen LogP) is 3.39. The summed E-state index contributed by atoms with van der Waals surface area (Å²) in [5.74, 6) is -2.87. The van der Waals surface area contributed by atoms with Gasteiger partial charge in [0.1, 0.15) is 0 Å². The molecule has 0 unspecified atom stereocenters. The molecule has 0 atom stereocenters. The molecule has 0 radical (unpaired) electrons. The maximum Gasteiger partial charge on any atom is 0.327 e. The van der Waals surface area contributed by atoms with Crippen molar-refractivity contribution in [1.29, 1.82) is 0 Å². The highest BCUT2D eigenvalue weighted by molar-refractivity contribution is 6.06. The number of halogens is 1. The van der Waals surface area contributed by atoms with Crippen LogP contribution < -0.4 is 0 Å². The lowest BCUT2D eigenvalue weighted by molar-refractivity contribution is -0.387. The molecule has 0 saturated heterocycles. The van der Waals surface area contributed by atoms with Gasteiger partial charge in [-0.25, -0.2) is 0 Å². The van der Waals surface area contributed by atoms with Gasteiger partial charge in [0.05, 0.1) is 18.1 Å². The van der Waals surface area contributed by atoms with Crippen molar-refractivity contribution in [2.75, 3.05) is 13.2 Å². The number of nitro groups is 1. The van der Waals surface area contributed by atoms with Crippen molar-refractivity contribution in [2.24, 2.45) is 11.8 Å². The molecular formula is C18H24FNO6. The third-order valence-electron chi connectivity index (χ3n) is 3.63. The number of nitrogens with zero attached hydrogens (tertiary/aromatic N) is 1. The number of nitro benzene ring substituents is 1. The van der Waals surface area contributed by atoms with Gasteiger partial charge in [-0.05, 0) is 30.4 Å². The molecule has 8 heteroatoms. The SMILES string of the molecule is CC(C)COC(=O)C(C)(C(=O)OCC(C)C)c1ccc([N+](=O)[O-])c(F)c1. The molecule has 0 saturated carbocycles. The van der Waals surface area contributed by atoms with Crippen molar-refractivity contribution in [1.82, 2.24) is 0 Å². The molecule has 1 aromatic rings. The summed E-state index contributed by atoms with van der Waals surface area (Å²) in [5.41, 5.74) is -2.75. The Morgan fingerprint density at radius 3 is 1.92 bits per heavy atom. The van der Waals surface area contributed by atoms with E-state index >= 15 is 0 Å². The van der Waals surface area contributed by atoms with E-state index in [2.05, 4.69) is 0 Å². The van der Waals surface area contributed by atoms with Crippen LogP contribution in [-0.4, -0.2) is 30.1 Å². The number of hydrogen-bond acceptors (Lipinski definition) is 6. The van der Waals surface area contributed by atoms with Gasteiger partial charge in [0, 0.05) is 6.07 Å². The monoisotopic (exact) mass is 369 g/mol. The topological polar surface area (TPSA) is 95.7 Å². The number of hydrogen-bond donors (Lipinski definition) is 0. The van der Waals surface area contributed by atoms with Crippen LogP contribution in [0.3, 0.4) is 0 Å². The maximum absolute atomic E-state index is 14.0. The minimum absolute atomic E-state index is 0.0310. The highest BCUT2D eigenvalue weighted by atomic mass is 19.1. The molecule has 0 bridgehead atoms. The highest BCUT2D eigenvalue weighted by Crippen LogP contribution is 2.31. The van der Waals surface area contributed by atoms with Gasteiger partial charge >= 0.3 is 17.6 Å². The quantitative estimate of drug-likeness (QED) is 0.302. The molecule has 0 heterocycles. The zero-order valence-electron chi connectivity index (χ0n) is 15.6. The molecule has 0 aliphatic carbocycles. The average Bonchev–Trinajstić information content (AvgIpc) is 2.55. The molecule has 0 aliphatic rings. The summed E-state index contributed by atoms with van der Waals surface area (Å²) in [7, 11) is 0. The van der Waals surface area contributed by atoms with Crippen LogP contribution in [0.4, 0.5) is 10.1 Å². The molecule has 0 fully saturated rings. The molecule has 0 amide bonds. The Kier molecular flexibility index (Phi) is 7.23. The van der Waals surface area contributed by atoms with Crippen molar-refractivity contribution in [3.05, 3.63) is 39.7 Å². The molecule has 1 rings (SSSR count). The number of ether oxygens (including phenoxy) is 2. The Balaban J connectivity index is 3.30.